The van der Waals surface area contributed by atoms with Gasteiger partial charge in [0, 0.05) is 19.8 Å². The lowest BCUT2D eigenvalue weighted by Gasteiger charge is -2.27. The molecule has 0 saturated heterocycles. The van der Waals surface area contributed by atoms with Crippen LogP contribution in [0.25, 0.3) is 0 Å². The Balaban J connectivity index is 4.82. The van der Waals surface area contributed by atoms with Gasteiger partial charge in [-0.1, -0.05) is 78.0 Å². The van der Waals surface area contributed by atoms with E-state index in [2.05, 4.69) is 51.6 Å². The van der Waals surface area contributed by atoms with E-state index in [4.69, 9.17) is 13.3 Å². The van der Waals surface area contributed by atoms with E-state index in [1.54, 1.807) is 0 Å². The highest BCUT2D eigenvalue weighted by atomic mass is 28.4. The minimum absolute atomic E-state index is 0.713. The lowest BCUT2D eigenvalue weighted by molar-refractivity contribution is 0.0685. The first kappa shape index (κ1) is 23.6. The Labute approximate surface area is 151 Å². The SMILES string of the molecule is CCCCC=CC=C[Si](OCCCC)(OCCCC)OCCCC. The molecule has 0 fully saturated rings. The van der Waals surface area contributed by atoms with Crippen molar-refractivity contribution in [2.45, 2.75) is 85.5 Å². The Morgan fingerprint density at radius 1 is 0.625 bits per heavy atom. The molecule has 3 nitrogen and oxygen atoms in total. The van der Waals surface area contributed by atoms with Crippen LogP contribution in [0.3, 0.4) is 0 Å². The fourth-order valence-corrected chi connectivity index (χ4v) is 4.19. The molecule has 0 radical (unpaired) electrons. The normalized spacial score (nSPS) is 12.7. The Hall–Kier alpha value is -0.423. The standard InChI is InChI=1S/C20H40O3Si/c1-5-9-13-14-15-16-20-24(21-17-10-6-2,22-18-11-7-3)23-19-12-8-4/h14-16,20H,5-13,17-19H2,1-4H3. The highest BCUT2D eigenvalue weighted by molar-refractivity contribution is 6.66. The van der Waals surface area contributed by atoms with Crippen LogP contribution in [0.4, 0.5) is 0 Å². The third kappa shape index (κ3) is 12.9. The maximum Gasteiger partial charge on any atom is 0.529 e. The molecular formula is C20H40O3Si. The van der Waals surface area contributed by atoms with Crippen LogP contribution in [-0.2, 0) is 13.3 Å². The van der Waals surface area contributed by atoms with Gasteiger partial charge in [0.1, 0.15) is 0 Å². The predicted octanol–water partition coefficient (Wildman–Crippen LogP) is 6.22. The molecule has 0 amide bonds. The molecule has 4 heteroatoms. The van der Waals surface area contributed by atoms with Gasteiger partial charge in [-0.3, -0.25) is 0 Å². The van der Waals surface area contributed by atoms with Crippen LogP contribution in [0.15, 0.2) is 23.9 Å². The summed E-state index contributed by atoms with van der Waals surface area (Å²) in [5.41, 5.74) is 2.07. The van der Waals surface area contributed by atoms with Crippen LogP contribution in [0.1, 0.15) is 85.5 Å². The van der Waals surface area contributed by atoms with Crippen molar-refractivity contribution in [3.05, 3.63) is 23.9 Å². The zero-order valence-electron chi connectivity index (χ0n) is 16.5. The van der Waals surface area contributed by atoms with Gasteiger partial charge in [-0.05, 0) is 31.4 Å². The molecule has 0 aliphatic carbocycles. The van der Waals surface area contributed by atoms with Gasteiger partial charge in [-0.15, -0.1) is 0 Å². The summed E-state index contributed by atoms with van der Waals surface area (Å²) in [6.45, 7) is 10.9. The second-order valence-electron chi connectivity index (χ2n) is 6.14. The summed E-state index contributed by atoms with van der Waals surface area (Å²) in [4.78, 5) is 0. The van der Waals surface area contributed by atoms with Crippen LogP contribution < -0.4 is 0 Å². The molecule has 0 unspecified atom stereocenters. The van der Waals surface area contributed by atoms with Crippen molar-refractivity contribution in [1.82, 2.24) is 0 Å². The molecule has 0 spiro atoms. The van der Waals surface area contributed by atoms with E-state index in [1.807, 2.05) is 0 Å². The van der Waals surface area contributed by atoms with Crippen LogP contribution in [-0.4, -0.2) is 28.6 Å². The summed E-state index contributed by atoms with van der Waals surface area (Å²) < 4.78 is 18.5. The number of hydrogen-bond donors (Lipinski definition) is 0. The molecule has 0 N–H and O–H groups in total. The maximum atomic E-state index is 6.16. The van der Waals surface area contributed by atoms with E-state index in [1.165, 1.54) is 12.8 Å². The van der Waals surface area contributed by atoms with E-state index >= 15 is 0 Å². The smallest absolute Gasteiger partial charge is 0.370 e. The van der Waals surface area contributed by atoms with Crippen LogP contribution >= 0.6 is 0 Å². The van der Waals surface area contributed by atoms with Crippen LogP contribution in [0, 0.1) is 0 Å². The van der Waals surface area contributed by atoms with Gasteiger partial charge in [-0.25, -0.2) is 0 Å². The zero-order chi connectivity index (χ0) is 17.9. The van der Waals surface area contributed by atoms with Crippen molar-refractivity contribution in [1.29, 1.82) is 0 Å². The fraction of sp³-hybridized carbons (Fsp3) is 0.800. The third-order valence-electron chi connectivity index (χ3n) is 3.68. The van der Waals surface area contributed by atoms with E-state index in [0.717, 1.165) is 44.9 Å². The van der Waals surface area contributed by atoms with Gasteiger partial charge in [0.25, 0.3) is 0 Å². The molecule has 0 rings (SSSR count). The van der Waals surface area contributed by atoms with E-state index in [9.17, 15) is 0 Å². The molecule has 142 valence electrons. The molecule has 0 bridgehead atoms. The topological polar surface area (TPSA) is 27.7 Å². The zero-order valence-corrected chi connectivity index (χ0v) is 17.5. The molecule has 0 saturated carbocycles. The largest absolute Gasteiger partial charge is 0.529 e. The molecule has 0 heterocycles. The Kier molecular flexibility index (Phi) is 17.1. The summed E-state index contributed by atoms with van der Waals surface area (Å²) in [6.07, 6.45) is 16.5. The number of hydrogen-bond acceptors (Lipinski definition) is 3. The second kappa shape index (κ2) is 17.4. The van der Waals surface area contributed by atoms with Crippen LogP contribution in [0.5, 0.6) is 0 Å². The monoisotopic (exact) mass is 356 g/mol. The number of rotatable bonds is 17. The molecular weight excluding hydrogens is 316 g/mol. The first-order chi connectivity index (χ1) is 11.7. The molecule has 0 aliphatic heterocycles. The van der Waals surface area contributed by atoms with E-state index in [-0.39, 0.29) is 0 Å². The summed E-state index contributed by atoms with van der Waals surface area (Å²) >= 11 is 0. The summed E-state index contributed by atoms with van der Waals surface area (Å²) in [7, 11) is -2.71. The van der Waals surface area contributed by atoms with Crippen molar-refractivity contribution in [3.63, 3.8) is 0 Å². The molecule has 24 heavy (non-hydrogen) atoms. The third-order valence-corrected chi connectivity index (χ3v) is 6.10. The molecule has 0 aromatic carbocycles. The first-order valence-electron chi connectivity index (χ1n) is 10.0. The van der Waals surface area contributed by atoms with Crippen molar-refractivity contribution >= 4 is 8.80 Å². The summed E-state index contributed by atoms with van der Waals surface area (Å²) in [5.74, 6) is 0. The summed E-state index contributed by atoms with van der Waals surface area (Å²) in [5, 5.41) is 0. The van der Waals surface area contributed by atoms with E-state index in [0.29, 0.717) is 19.8 Å². The maximum absolute atomic E-state index is 6.16. The lowest BCUT2D eigenvalue weighted by atomic mass is 10.2. The quantitative estimate of drug-likeness (QED) is 0.176. The van der Waals surface area contributed by atoms with Crippen molar-refractivity contribution in [2.75, 3.05) is 19.8 Å². The molecule has 0 aromatic heterocycles. The first-order valence-corrected chi connectivity index (χ1v) is 11.8. The van der Waals surface area contributed by atoms with Crippen molar-refractivity contribution in [2.24, 2.45) is 0 Å². The summed E-state index contributed by atoms with van der Waals surface area (Å²) in [6, 6.07) is 0. The molecule has 0 aromatic rings. The highest BCUT2D eigenvalue weighted by Crippen LogP contribution is 2.15. The lowest BCUT2D eigenvalue weighted by Crippen LogP contribution is -2.45. The molecule has 0 aliphatic rings. The van der Waals surface area contributed by atoms with Crippen molar-refractivity contribution < 1.29 is 13.3 Å². The minimum atomic E-state index is -2.71. The van der Waals surface area contributed by atoms with E-state index < -0.39 is 8.80 Å². The van der Waals surface area contributed by atoms with Gasteiger partial charge < -0.3 is 13.3 Å². The average molecular weight is 357 g/mol. The average Bonchev–Trinajstić information content (AvgIpc) is 2.58. The fourth-order valence-electron chi connectivity index (χ4n) is 2.02. The van der Waals surface area contributed by atoms with Gasteiger partial charge in [0.2, 0.25) is 0 Å². The van der Waals surface area contributed by atoms with Gasteiger partial charge in [0.15, 0.2) is 0 Å². The number of allylic oxidation sites excluding steroid dienone is 3. The Morgan fingerprint density at radius 3 is 1.50 bits per heavy atom. The Bertz CT molecular complexity index is 289. The predicted molar refractivity (Wildman–Crippen MR) is 106 cm³/mol. The van der Waals surface area contributed by atoms with Crippen LogP contribution in [0.2, 0.25) is 0 Å². The van der Waals surface area contributed by atoms with Gasteiger partial charge in [-0.2, -0.15) is 0 Å². The minimum Gasteiger partial charge on any atom is -0.370 e. The molecule has 0 atom stereocenters. The highest BCUT2D eigenvalue weighted by Gasteiger charge is 2.38. The second-order valence-corrected chi connectivity index (χ2v) is 8.55. The van der Waals surface area contributed by atoms with Gasteiger partial charge in [0.05, 0.1) is 0 Å². The van der Waals surface area contributed by atoms with Crippen molar-refractivity contribution in [3.8, 4) is 0 Å². The number of unbranched alkanes of at least 4 members (excludes halogenated alkanes) is 5. The van der Waals surface area contributed by atoms with Gasteiger partial charge >= 0.3 is 8.80 Å². The Morgan fingerprint density at radius 2 is 1.08 bits per heavy atom.